The number of nitrogens with one attached hydrogen (secondary N) is 1. The standard InChI is InChI=1S/C25H30ClN5O4S/c1-25(2,3)19-13-15(11-12-30(19)24(33)34)21-28-23(27-14-16-9-10-20(26)36-16)31(29-21)22(32)17-7-5-6-8-18(17)35-4/h5-10,15,19H,11-14H2,1-4H3,(H,33,34)(H,27,28,29). The van der Waals surface area contributed by atoms with Crippen LogP contribution in [0.15, 0.2) is 36.4 Å². The maximum atomic E-state index is 13.6. The lowest BCUT2D eigenvalue weighted by Gasteiger charge is -2.44. The summed E-state index contributed by atoms with van der Waals surface area (Å²) in [6.07, 6.45) is 0.226. The Bertz CT molecular complexity index is 1250. The molecular weight excluding hydrogens is 502 g/mol. The molecule has 0 spiro atoms. The minimum absolute atomic E-state index is 0.0896. The number of aromatic nitrogens is 3. The molecule has 1 aliphatic heterocycles. The Morgan fingerprint density at radius 3 is 2.64 bits per heavy atom. The van der Waals surface area contributed by atoms with Crippen molar-refractivity contribution in [2.75, 3.05) is 19.0 Å². The summed E-state index contributed by atoms with van der Waals surface area (Å²) in [6.45, 7) is 6.91. The molecule has 2 aromatic heterocycles. The maximum Gasteiger partial charge on any atom is 0.407 e. The van der Waals surface area contributed by atoms with E-state index >= 15 is 0 Å². The Kier molecular flexibility index (Phi) is 7.56. The van der Waals surface area contributed by atoms with Gasteiger partial charge >= 0.3 is 6.09 Å². The number of anilines is 1. The fourth-order valence-electron chi connectivity index (χ4n) is 4.56. The SMILES string of the molecule is COc1ccccc1C(=O)n1nc(C2CCN(C(=O)O)C(C(C)(C)C)C2)nc1NCc1ccc(Cl)s1. The van der Waals surface area contributed by atoms with E-state index in [4.69, 9.17) is 21.3 Å². The molecule has 4 rings (SSSR count). The molecule has 9 nitrogen and oxygen atoms in total. The zero-order chi connectivity index (χ0) is 26.0. The van der Waals surface area contributed by atoms with Crippen LogP contribution in [0.4, 0.5) is 10.7 Å². The number of nitrogens with zero attached hydrogens (tertiary/aromatic N) is 4. The monoisotopic (exact) mass is 531 g/mol. The first-order valence-electron chi connectivity index (χ1n) is 11.7. The van der Waals surface area contributed by atoms with E-state index in [1.165, 1.54) is 28.0 Å². The van der Waals surface area contributed by atoms with Crippen LogP contribution >= 0.6 is 22.9 Å². The van der Waals surface area contributed by atoms with E-state index in [1.807, 2.05) is 32.9 Å². The first-order chi connectivity index (χ1) is 17.1. The van der Waals surface area contributed by atoms with Crippen LogP contribution in [0, 0.1) is 5.41 Å². The molecule has 11 heteroatoms. The normalized spacial score (nSPS) is 18.2. The summed E-state index contributed by atoms with van der Waals surface area (Å²) in [5.74, 6) is 0.822. The van der Waals surface area contributed by atoms with Crippen molar-refractivity contribution in [2.24, 2.45) is 5.41 Å². The van der Waals surface area contributed by atoms with Gasteiger partial charge in [0, 0.05) is 23.4 Å². The lowest BCUT2D eigenvalue weighted by Crippen LogP contribution is -2.51. The molecule has 0 saturated carbocycles. The van der Waals surface area contributed by atoms with Crippen molar-refractivity contribution in [2.45, 2.75) is 52.1 Å². The van der Waals surface area contributed by atoms with Crippen molar-refractivity contribution >= 4 is 40.9 Å². The highest BCUT2D eigenvalue weighted by molar-refractivity contribution is 7.16. The maximum absolute atomic E-state index is 13.6. The summed E-state index contributed by atoms with van der Waals surface area (Å²) in [5, 5.41) is 17.6. The van der Waals surface area contributed by atoms with E-state index in [0.29, 0.717) is 53.4 Å². The average Bonchev–Trinajstić information content (AvgIpc) is 3.47. The molecule has 1 aromatic carbocycles. The minimum atomic E-state index is -0.921. The first-order valence-corrected chi connectivity index (χ1v) is 12.9. The van der Waals surface area contributed by atoms with Gasteiger partial charge in [-0.3, -0.25) is 4.79 Å². The second-order valence-corrected chi connectivity index (χ2v) is 11.6. The van der Waals surface area contributed by atoms with Crippen molar-refractivity contribution in [1.82, 2.24) is 19.7 Å². The number of para-hydroxylation sites is 1. The van der Waals surface area contributed by atoms with E-state index < -0.39 is 6.09 Å². The number of hydrogen-bond acceptors (Lipinski definition) is 7. The molecule has 0 radical (unpaired) electrons. The number of halogens is 1. The number of rotatable bonds is 6. The molecule has 2 unspecified atom stereocenters. The molecule has 36 heavy (non-hydrogen) atoms. The summed E-state index contributed by atoms with van der Waals surface area (Å²) in [7, 11) is 1.52. The molecule has 0 bridgehead atoms. The molecular formula is C25H30ClN5O4S. The molecule has 192 valence electrons. The quantitative estimate of drug-likeness (QED) is 0.427. The predicted molar refractivity (Wildman–Crippen MR) is 139 cm³/mol. The summed E-state index contributed by atoms with van der Waals surface area (Å²) in [6, 6.07) is 10.5. The Balaban J connectivity index is 1.68. The molecule has 2 N–H and O–H groups in total. The summed E-state index contributed by atoms with van der Waals surface area (Å²) in [5.41, 5.74) is 0.110. The van der Waals surface area contributed by atoms with Crippen LogP contribution in [-0.4, -0.2) is 56.5 Å². The van der Waals surface area contributed by atoms with Gasteiger partial charge in [-0.2, -0.15) is 9.67 Å². The Morgan fingerprint density at radius 2 is 2.00 bits per heavy atom. The van der Waals surface area contributed by atoms with Crippen molar-refractivity contribution in [1.29, 1.82) is 0 Å². The molecule has 3 heterocycles. The molecule has 1 amide bonds. The van der Waals surface area contributed by atoms with Crippen molar-refractivity contribution < 1.29 is 19.4 Å². The van der Waals surface area contributed by atoms with Gasteiger partial charge in [0.05, 0.1) is 23.6 Å². The van der Waals surface area contributed by atoms with Crippen LogP contribution in [0.1, 0.15) is 60.6 Å². The third-order valence-corrected chi connectivity index (χ3v) is 7.65. The number of thiophene rings is 1. The van der Waals surface area contributed by atoms with Gasteiger partial charge in [-0.25, -0.2) is 4.79 Å². The largest absolute Gasteiger partial charge is 0.496 e. The third-order valence-electron chi connectivity index (χ3n) is 6.42. The number of ether oxygens (including phenoxy) is 1. The molecule has 2 atom stereocenters. The van der Waals surface area contributed by atoms with Gasteiger partial charge < -0.3 is 20.1 Å². The third kappa shape index (κ3) is 5.49. The summed E-state index contributed by atoms with van der Waals surface area (Å²) in [4.78, 5) is 32.6. The number of carbonyl (C=O) groups excluding carboxylic acids is 1. The molecule has 1 aliphatic rings. The number of methoxy groups -OCH3 is 1. The number of amides is 1. The van der Waals surface area contributed by atoms with E-state index in [0.717, 1.165) is 4.88 Å². The molecule has 3 aromatic rings. The highest BCUT2D eigenvalue weighted by atomic mass is 35.5. The second kappa shape index (κ2) is 10.5. The fraction of sp³-hybridized carbons (Fsp3) is 0.440. The van der Waals surface area contributed by atoms with Crippen LogP contribution in [0.5, 0.6) is 5.75 Å². The zero-order valence-corrected chi connectivity index (χ0v) is 22.3. The lowest BCUT2D eigenvalue weighted by atomic mass is 9.77. The first kappa shape index (κ1) is 26.0. The molecule has 1 fully saturated rings. The minimum Gasteiger partial charge on any atom is -0.496 e. The lowest BCUT2D eigenvalue weighted by molar-refractivity contribution is 0.0515. The summed E-state index contributed by atoms with van der Waals surface area (Å²) < 4.78 is 7.35. The topological polar surface area (TPSA) is 110 Å². The highest BCUT2D eigenvalue weighted by Gasteiger charge is 2.40. The van der Waals surface area contributed by atoms with Gasteiger partial charge in [-0.05, 0) is 42.5 Å². The van der Waals surface area contributed by atoms with E-state index in [2.05, 4.69) is 10.4 Å². The number of benzene rings is 1. The average molecular weight is 532 g/mol. The van der Waals surface area contributed by atoms with Gasteiger partial charge in [0.25, 0.3) is 5.91 Å². The molecule has 0 aliphatic carbocycles. The number of hydrogen-bond donors (Lipinski definition) is 2. The number of piperidine rings is 1. The summed E-state index contributed by atoms with van der Waals surface area (Å²) >= 11 is 7.52. The molecule has 1 saturated heterocycles. The van der Waals surface area contributed by atoms with Crippen LogP contribution in [0.3, 0.4) is 0 Å². The van der Waals surface area contributed by atoms with Crippen LogP contribution < -0.4 is 10.1 Å². The highest BCUT2D eigenvalue weighted by Crippen LogP contribution is 2.38. The Hall–Kier alpha value is -3.11. The smallest absolute Gasteiger partial charge is 0.407 e. The van der Waals surface area contributed by atoms with Crippen molar-refractivity contribution in [3.05, 3.63) is 57.0 Å². The Labute approximate surface area is 219 Å². The number of carboxylic acid groups (broad SMARTS) is 1. The van der Waals surface area contributed by atoms with E-state index in [9.17, 15) is 14.7 Å². The fourth-order valence-corrected chi connectivity index (χ4v) is 5.58. The van der Waals surface area contributed by atoms with Crippen LogP contribution in [0.2, 0.25) is 4.34 Å². The van der Waals surface area contributed by atoms with Gasteiger partial charge in [-0.15, -0.1) is 16.4 Å². The van der Waals surface area contributed by atoms with Gasteiger partial charge in [0.15, 0.2) is 5.82 Å². The predicted octanol–water partition coefficient (Wildman–Crippen LogP) is 5.57. The second-order valence-electron chi connectivity index (χ2n) is 9.85. The zero-order valence-electron chi connectivity index (χ0n) is 20.7. The number of carbonyl (C=O) groups is 2. The van der Waals surface area contributed by atoms with Crippen molar-refractivity contribution in [3.8, 4) is 5.75 Å². The number of likely N-dealkylation sites (tertiary alicyclic amines) is 1. The van der Waals surface area contributed by atoms with Gasteiger partial charge in [-0.1, -0.05) is 44.5 Å². The van der Waals surface area contributed by atoms with E-state index in [-0.39, 0.29) is 23.3 Å². The Morgan fingerprint density at radius 1 is 1.25 bits per heavy atom. The van der Waals surface area contributed by atoms with Crippen LogP contribution in [-0.2, 0) is 6.54 Å². The van der Waals surface area contributed by atoms with Gasteiger partial charge in [0.1, 0.15) is 5.75 Å². The van der Waals surface area contributed by atoms with Crippen LogP contribution in [0.25, 0.3) is 0 Å². The van der Waals surface area contributed by atoms with E-state index in [1.54, 1.807) is 24.3 Å². The van der Waals surface area contributed by atoms with Crippen molar-refractivity contribution in [3.63, 3.8) is 0 Å². The van der Waals surface area contributed by atoms with Gasteiger partial charge in [0.2, 0.25) is 5.95 Å².